The van der Waals surface area contributed by atoms with E-state index >= 15 is 0 Å². The number of hydrogen-bond donors (Lipinski definition) is 2. The second-order valence-electron chi connectivity index (χ2n) is 6.37. The minimum Gasteiger partial charge on any atom is -0.465 e. The zero-order valence-corrected chi connectivity index (χ0v) is 15.2. The largest absolute Gasteiger partial charge is 0.465 e. The van der Waals surface area contributed by atoms with Crippen molar-refractivity contribution in [1.29, 1.82) is 0 Å². The van der Waals surface area contributed by atoms with E-state index < -0.39 is 0 Å². The fraction of sp³-hybridized carbons (Fsp3) is 0.286. The van der Waals surface area contributed by atoms with Crippen molar-refractivity contribution >= 4 is 16.9 Å². The lowest BCUT2D eigenvalue weighted by Crippen LogP contribution is -2.42. The third-order valence-corrected chi connectivity index (χ3v) is 4.68. The van der Waals surface area contributed by atoms with Gasteiger partial charge >= 0.3 is 5.97 Å². The Morgan fingerprint density at radius 3 is 2.56 bits per heavy atom. The summed E-state index contributed by atoms with van der Waals surface area (Å²) < 4.78 is 15.2. The van der Waals surface area contributed by atoms with Crippen molar-refractivity contribution in [2.75, 3.05) is 13.4 Å². The molecule has 3 aromatic rings. The number of esters is 1. The molecule has 27 heavy (non-hydrogen) atoms. The molecule has 0 saturated heterocycles. The minimum absolute atomic E-state index is 0.159. The number of fused-ring (bicyclic) bond motifs is 4. The van der Waals surface area contributed by atoms with Gasteiger partial charge in [0.2, 0.25) is 6.79 Å². The first-order valence-corrected chi connectivity index (χ1v) is 9.09. The predicted molar refractivity (Wildman–Crippen MR) is 102 cm³/mol. The van der Waals surface area contributed by atoms with Gasteiger partial charge in [0.05, 0.1) is 6.61 Å². The molecule has 0 spiro atoms. The van der Waals surface area contributed by atoms with E-state index in [0.29, 0.717) is 26.4 Å². The minimum atomic E-state index is -0.225. The molecule has 0 bridgehead atoms. The molecule has 0 radical (unpaired) electrons. The second kappa shape index (κ2) is 7.72. The number of carbonyl (C=O) groups excluding carboxylic acids is 1. The summed E-state index contributed by atoms with van der Waals surface area (Å²) in [4.78, 5) is 15.2. The van der Waals surface area contributed by atoms with Crippen LogP contribution in [-0.4, -0.2) is 30.4 Å². The Hall–Kier alpha value is -2.99. The van der Waals surface area contributed by atoms with Gasteiger partial charge in [-0.05, 0) is 30.7 Å². The summed E-state index contributed by atoms with van der Waals surface area (Å²) in [6.45, 7) is 3.31. The first kappa shape index (κ1) is 17.4. The normalized spacial score (nSPS) is 17.0. The molecule has 0 saturated carbocycles. The van der Waals surface area contributed by atoms with Gasteiger partial charge < -0.3 is 19.2 Å². The van der Waals surface area contributed by atoms with Crippen LogP contribution in [0, 0.1) is 0 Å². The first-order chi connectivity index (χ1) is 13.3. The Kier molecular flexibility index (Phi) is 4.98. The summed E-state index contributed by atoms with van der Waals surface area (Å²) in [6.07, 6.45) is 0.693. The van der Waals surface area contributed by atoms with Crippen LogP contribution in [0.5, 0.6) is 11.5 Å². The fourth-order valence-electron chi connectivity index (χ4n) is 3.40. The molecule has 2 N–H and O–H groups in total. The fourth-order valence-corrected chi connectivity index (χ4v) is 3.40. The Labute approximate surface area is 157 Å². The molecule has 6 heteroatoms. The number of benzene rings is 2. The van der Waals surface area contributed by atoms with Crippen LogP contribution in [0.25, 0.3) is 10.9 Å². The molecule has 0 amide bonds. The van der Waals surface area contributed by atoms with Gasteiger partial charge in [0.1, 0.15) is 6.04 Å². The van der Waals surface area contributed by atoms with Gasteiger partial charge in [-0.15, -0.1) is 0 Å². The number of H-pyrrole nitrogens is 1. The Balaban J connectivity index is 0.000000167. The standard InChI is InChI=1S/C14H16N2O2.C7H6O2/c1-2-18-14(17)12-7-10-9-5-3-4-6-11(9)16-13(10)8-15-12;1-2-4-7-6(3-1)8-5-9-7/h3-6,12,15-16H,2,7-8H2,1H3;1-4H,5H2/t12-;/m0./s1. The van der Waals surface area contributed by atoms with E-state index in [4.69, 9.17) is 14.2 Å². The van der Waals surface area contributed by atoms with Crippen molar-refractivity contribution < 1.29 is 19.0 Å². The van der Waals surface area contributed by atoms with E-state index in [9.17, 15) is 4.79 Å². The lowest BCUT2D eigenvalue weighted by Gasteiger charge is -2.22. The van der Waals surface area contributed by atoms with Crippen LogP contribution in [0.2, 0.25) is 0 Å². The average Bonchev–Trinajstić information content (AvgIpc) is 3.32. The van der Waals surface area contributed by atoms with Crippen LogP contribution in [0.3, 0.4) is 0 Å². The van der Waals surface area contributed by atoms with Gasteiger partial charge in [-0.25, -0.2) is 0 Å². The summed E-state index contributed by atoms with van der Waals surface area (Å²) in [5.41, 5.74) is 3.55. The molecule has 6 nitrogen and oxygen atoms in total. The summed E-state index contributed by atoms with van der Waals surface area (Å²) in [7, 11) is 0. The number of aromatic amines is 1. The van der Waals surface area contributed by atoms with Crippen molar-refractivity contribution in [2.45, 2.75) is 25.9 Å². The van der Waals surface area contributed by atoms with Crippen LogP contribution in [0.4, 0.5) is 0 Å². The highest BCUT2D eigenvalue weighted by atomic mass is 16.7. The summed E-state index contributed by atoms with van der Waals surface area (Å²) in [6, 6.07) is 15.6. The van der Waals surface area contributed by atoms with Crippen molar-refractivity contribution in [3.05, 3.63) is 59.8 Å². The maximum atomic E-state index is 11.8. The maximum absolute atomic E-state index is 11.8. The van der Waals surface area contributed by atoms with Crippen LogP contribution in [-0.2, 0) is 22.5 Å². The lowest BCUT2D eigenvalue weighted by atomic mass is 9.99. The molecule has 0 aliphatic carbocycles. The molecule has 3 heterocycles. The van der Waals surface area contributed by atoms with Crippen LogP contribution >= 0.6 is 0 Å². The lowest BCUT2D eigenvalue weighted by molar-refractivity contribution is -0.145. The van der Waals surface area contributed by atoms with E-state index in [1.807, 2.05) is 43.3 Å². The number of aromatic nitrogens is 1. The van der Waals surface area contributed by atoms with Crippen LogP contribution in [0.1, 0.15) is 18.2 Å². The molecule has 1 atom stereocenters. The molecular weight excluding hydrogens is 344 g/mol. The summed E-state index contributed by atoms with van der Waals surface area (Å²) in [5, 5.41) is 4.43. The van der Waals surface area contributed by atoms with Gasteiger partial charge in [-0.3, -0.25) is 10.1 Å². The highest BCUT2D eigenvalue weighted by Crippen LogP contribution is 2.30. The van der Waals surface area contributed by atoms with Gasteiger partial charge in [0, 0.05) is 29.6 Å². The van der Waals surface area contributed by atoms with Crippen LogP contribution < -0.4 is 14.8 Å². The smallest absolute Gasteiger partial charge is 0.323 e. The van der Waals surface area contributed by atoms with E-state index in [1.54, 1.807) is 0 Å². The van der Waals surface area contributed by atoms with Crippen molar-refractivity contribution in [1.82, 2.24) is 10.3 Å². The number of nitrogens with one attached hydrogen (secondary N) is 2. The second-order valence-corrected chi connectivity index (χ2v) is 6.37. The maximum Gasteiger partial charge on any atom is 0.323 e. The number of rotatable bonds is 2. The molecule has 1 aromatic heterocycles. The van der Waals surface area contributed by atoms with E-state index in [1.165, 1.54) is 16.6 Å². The third-order valence-electron chi connectivity index (χ3n) is 4.68. The van der Waals surface area contributed by atoms with Crippen molar-refractivity contribution in [3.8, 4) is 11.5 Å². The molecular formula is C21H22N2O4. The van der Waals surface area contributed by atoms with Crippen LogP contribution in [0.15, 0.2) is 48.5 Å². The molecule has 5 rings (SSSR count). The van der Waals surface area contributed by atoms with E-state index in [-0.39, 0.29) is 12.0 Å². The van der Waals surface area contributed by atoms with Gasteiger partial charge in [-0.2, -0.15) is 0 Å². The van der Waals surface area contributed by atoms with Crippen molar-refractivity contribution in [3.63, 3.8) is 0 Å². The number of hydrogen-bond acceptors (Lipinski definition) is 5. The highest BCUT2D eigenvalue weighted by Gasteiger charge is 2.27. The number of carbonyl (C=O) groups is 1. The van der Waals surface area contributed by atoms with Gasteiger partial charge in [0.25, 0.3) is 0 Å². The molecule has 140 valence electrons. The molecule has 0 unspecified atom stereocenters. The molecule has 2 aliphatic rings. The van der Waals surface area contributed by atoms with E-state index in [0.717, 1.165) is 17.0 Å². The third kappa shape index (κ3) is 3.61. The number of para-hydroxylation sites is 3. The Bertz CT molecular complexity index is 927. The molecule has 2 aromatic carbocycles. The van der Waals surface area contributed by atoms with Crippen molar-refractivity contribution in [2.24, 2.45) is 0 Å². The number of ether oxygens (including phenoxy) is 3. The Morgan fingerprint density at radius 1 is 1.11 bits per heavy atom. The Morgan fingerprint density at radius 2 is 1.81 bits per heavy atom. The van der Waals surface area contributed by atoms with Gasteiger partial charge in [-0.1, -0.05) is 30.3 Å². The van der Waals surface area contributed by atoms with E-state index in [2.05, 4.69) is 22.4 Å². The predicted octanol–water partition coefficient (Wildman–Crippen LogP) is 3.16. The topological polar surface area (TPSA) is 72.6 Å². The SMILES string of the molecule is CCOC(=O)[C@@H]1Cc2c([nH]c3ccccc23)CN1.c1ccc2c(c1)OCO2. The highest BCUT2D eigenvalue weighted by molar-refractivity contribution is 5.86. The zero-order valence-electron chi connectivity index (χ0n) is 15.2. The first-order valence-electron chi connectivity index (χ1n) is 9.09. The zero-order chi connectivity index (χ0) is 18.6. The monoisotopic (exact) mass is 366 g/mol. The molecule has 2 aliphatic heterocycles. The molecule has 0 fully saturated rings. The van der Waals surface area contributed by atoms with Gasteiger partial charge in [0.15, 0.2) is 11.5 Å². The summed E-state index contributed by atoms with van der Waals surface area (Å²) in [5.74, 6) is 1.53. The summed E-state index contributed by atoms with van der Waals surface area (Å²) >= 11 is 0. The quantitative estimate of drug-likeness (QED) is 0.682. The average molecular weight is 366 g/mol.